The number of alkyl halides is 3. The predicted octanol–water partition coefficient (Wildman–Crippen LogP) is 3.54. The Labute approximate surface area is 162 Å². The lowest BCUT2D eigenvalue weighted by atomic mass is 10.1. The fourth-order valence-corrected chi connectivity index (χ4v) is 2.39. The molecule has 2 N–H and O–H groups in total. The van der Waals surface area contributed by atoms with Gasteiger partial charge < -0.3 is 20.1 Å². The van der Waals surface area contributed by atoms with Crippen molar-refractivity contribution in [1.29, 1.82) is 0 Å². The Morgan fingerprint density at radius 3 is 2.11 bits per heavy atom. The lowest BCUT2D eigenvalue weighted by Gasteiger charge is -2.13. The lowest BCUT2D eigenvalue weighted by Crippen LogP contribution is -2.37. The number of hydrogen-bond acceptors (Lipinski definition) is 3. The van der Waals surface area contributed by atoms with Gasteiger partial charge in [-0.3, -0.25) is 4.99 Å². The second-order valence-electron chi connectivity index (χ2n) is 6.00. The Hall–Kier alpha value is -2.90. The average molecular weight is 395 g/mol. The van der Waals surface area contributed by atoms with Gasteiger partial charge in [-0.1, -0.05) is 24.3 Å². The molecule has 0 aliphatic rings. The minimum absolute atomic E-state index is 0.183. The van der Waals surface area contributed by atoms with Gasteiger partial charge in [-0.2, -0.15) is 13.2 Å². The molecule has 0 fully saturated rings. The van der Waals surface area contributed by atoms with E-state index in [2.05, 4.69) is 15.6 Å². The standard InChI is InChI=1S/C20H24F3N3O2/c1-24-19(25-12-11-15-3-7-17(27-2)8-4-15)26-13-16-5-9-18(10-6-16)28-14-20(21,22)23/h3-10H,11-14H2,1-2H3,(H2,24,25,26). The predicted molar refractivity (Wildman–Crippen MR) is 103 cm³/mol. The van der Waals surface area contributed by atoms with Gasteiger partial charge in [0.1, 0.15) is 11.5 Å². The number of guanidine groups is 1. The van der Waals surface area contributed by atoms with Crippen LogP contribution in [0, 0.1) is 0 Å². The number of hydrogen-bond donors (Lipinski definition) is 2. The van der Waals surface area contributed by atoms with Crippen molar-refractivity contribution in [2.45, 2.75) is 19.1 Å². The van der Waals surface area contributed by atoms with Crippen LogP contribution >= 0.6 is 0 Å². The van der Waals surface area contributed by atoms with Crippen molar-refractivity contribution in [3.63, 3.8) is 0 Å². The van der Waals surface area contributed by atoms with Gasteiger partial charge in [-0.05, 0) is 41.8 Å². The molecule has 8 heteroatoms. The maximum absolute atomic E-state index is 12.2. The van der Waals surface area contributed by atoms with E-state index in [0.29, 0.717) is 19.0 Å². The van der Waals surface area contributed by atoms with Crippen LogP contribution in [0.2, 0.25) is 0 Å². The minimum Gasteiger partial charge on any atom is -0.497 e. The highest BCUT2D eigenvalue weighted by molar-refractivity contribution is 5.79. The van der Waals surface area contributed by atoms with E-state index in [1.807, 2.05) is 24.3 Å². The second kappa shape index (κ2) is 10.4. The number of ether oxygens (including phenoxy) is 2. The van der Waals surface area contributed by atoms with Crippen LogP contribution in [0.3, 0.4) is 0 Å². The molecule has 0 saturated carbocycles. The first-order chi connectivity index (χ1) is 13.4. The number of nitrogens with one attached hydrogen (secondary N) is 2. The number of rotatable bonds is 8. The van der Waals surface area contributed by atoms with Gasteiger partial charge in [-0.25, -0.2) is 0 Å². The molecular formula is C20H24F3N3O2. The van der Waals surface area contributed by atoms with Gasteiger partial charge in [0.05, 0.1) is 7.11 Å². The Morgan fingerprint density at radius 2 is 1.54 bits per heavy atom. The molecule has 0 amide bonds. The molecule has 2 rings (SSSR count). The van der Waals surface area contributed by atoms with Crippen LogP contribution in [-0.4, -0.2) is 39.4 Å². The maximum atomic E-state index is 12.2. The first-order valence-corrected chi connectivity index (χ1v) is 8.75. The van der Waals surface area contributed by atoms with Crippen LogP contribution in [0.5, 0.6) is 11.5 Å². The summed E-state index contributed by atoms with van der Waals surface area (Å²) in [5, 5.41) is 6.39. The van der Waals surface area contributed by atoms with Crippen LogP contribution in [0.1, 0.15) is 11.1 Å². The molecule has 152 valence electrons. The zero-order chi connectivity index (χ0) is 20.4. The summed E-state index contributed by atoms with van der Waals surface area (Å²) in [6.45, 7) is -0.104. The van der Waals surface area contributed by atoms with Gasteiger partial charge in [0.15, 0.2) is 12.6 Å². The van der Waals surface area contributed by atoms with Crippen LogP contribution in [0.15, 0.2) is 53.5 Å². The summed E-state index contributed by atoms with van der Waals surface area (Å²) >= 11 is 0. The molecule has 5 nitrogen and oxygen atoms in total. The molecule has 0 aliphatic carbocycles. The monoisotopic (exact) mass is 395 g/mol. The number of halogens is 3. The Balaban J connectivity index is 1.73. The zero-order valence-electron chi connectivity index (χ0n) is 15.8. The summed E-state index contributed by atoms with van der Waals surface area (Å²) in [5.74, 6) is 1.65. The summed E-state index contributed by atoms with van der Waals surface area (Å²) in [6, 6.07) is 14.3. The van der Waals surface area contributed by atoms with Crippen LogP contribution in [-0.2, 0) is 13.0 Å². The van der Waals surface area contributed by atoms with E-state index in [1.54, 1.807) is 26.3 Å². The summed E-state index contributed by atoms with van der Waals surface area (Å²) in [6.07, 6.45) is -3.51. The highest BCUT2D eigenvalue weighted by Crippen LogP contribution is 2.18. The third-order valence-corrected chi connectivity index (χ3v) is 3.87. The van der Waals surface area contributed by atoms with Crippen molar-refractivity contribution >= 4 is 5.96 Å². The molecule has 0 atom stereocenters. The third kappa shape index (κ3) is 7.77. The number of methoxy groups -OCH3 is 1. The van der Waals surface area contributed by atoms with Gasteiger partial charge in [0.25, 0.3) is 0 Å². The van der Waals surface area contributed by atoms with E-state index in [4.69, 9.17) is 9.47 Å². The van der Waals surface area contributed by atoms with Crippen LogP contribution in [0.25, 0.3) is 0 Å². The summed E-state index contributed by atoms with van der Waals surface area (Å²) < 4.78 is 46.3. The van der Waals surface area contributed by atoms with E-state index in [1.165, 1.54) is 17.7 Å². The summed E-state index contributed by atoms with van der Waals surface area (Å²) in [5.41, 5.74) is 2.08. The van der Waals surface area contributed by atoms with Crippen molar-refractivity contribution < 1.29 is 22.6 Å². The van der Waals surface area contributed by atoms with E-state index >= 15 is 0 Å². The molecule has 0 aromatic heterocycles. The summed E-state index contributed by atoms with van der Waals surface area (Å²) in [4.78, 5) is 4.16. The molecule has 2 aromatic carbocycles. The molecule has 0 heterocycles. The molecule has 0 saturated heterocycles. The second-order valence-corrected chi connectivity index (χ2v) is 6.00. The Morgan fingerprint density at radius 1 is 0.929 bits per heavy atom. The van der Waals surface area contributed by atoms with Crippen molar-refractivity contribution in [1.82, 2.24) is 10.6 Å². The van der Waals surface area contributed by atoms with Gasteiger partial charge in [0.2, 0.25) is 0 Å². The van der Waals surface area contributed by atoms with E-state index in [9.17, 15) is 13.2 Å². The average Bonchev–Trinajstić information content (AvgIpc) is 2.69. The van der Waals surface area contributed by atoms with E-state index in [0.717, 1.165) is 17.7 Å². The number of nitrogens with zero attached hydrogens (tertiary/aromatic N) is 1. The fraction of sp³-hybridized carbons (Fsp3) is 0.350. The van der Waals surface area contributed by atoms with Gasteiger partial charge in [0, 0.05) is 20.1 Å². The maximum Gasteiger partial charge on any atom is 0.422 e. The van der Waals surface area contributed by atoms with Crippen molar-refractivity contribution in [3.8, 4) is 11.5 Å². The molecule has 2 aromatic rings. The topological polar surface area (TPSA) is 54.9 Å². The molecule has 0 bridgehead atoms. The van der Waals surface area contributed by atoms with Crippen molar-refractivity contribution in [2.75, 3.05) is 27.3 Å². The van der Waals surface area contributed by atoms with Crippen LogP contribution < -0.4 is 20.1 Å². The largest absolute Gasteiger partial charge is 0.497 e. The van der Waals surface area contributed by atoms with Crippen LogP contribution in [0.4, 0.5) is 13.2 Å². The number of aliphatic imine (C=N–C) groups is 1. The number of benzene rings is 2. The fourth-order valence-electron chi connectivity index (χ4n) is 2.39. The first-order valence-electron chi connectivity index (χ1n) is 8.75. The normalized spacial score (nSPS) is 11.8. The summed E-state index contributed by atoms with van der Waals surface area (Å²) in [7, 11) is 3.31. The quantitative estimate of drug-likeness (QED) is 0.530. The smallest absolute Gasteiger partial charge is 0.422 e. The Bertz CT molecular complexity index is 745. The Kier molecular flexibility index (Phi) is 7.98. The molecular weight excluding hydrogens is 371 g/mol. The third-order valence-electron chi connectivity index (χ3n) is 3.87. The molecule has 0 spiro atoms. The van der Waals surface area contributed by atoms with Gasteiger partial charge >= 0.3 is 6.18 Å². The molecule has 0 radical (unpaired) electrons. The van der Waals surface area contributed by atoms with Crippen molar-refractivity contribution in [3.05, 3.63) is 59.7 Å². The molecule has 0 aliphatic heterocycles. The highest BCUT2D eigenvalue weighted by atomic mass is 19.4. The van der Waals surface area contributed by atoms with Gasteiger partial charge in [-0.15, -0.1) is 0 Å². The highest BCUT2D eigenvalue weighted by Gasteiger charge is 2.28. The lowest BCUT2D eigenvalue weighted by molar-refractivity contribution is -0.153. The molecule has 0 unspecified atom stereocenters. The molecule has 28 heavy (non-hydrogen) atoms. The van der Waals surface area contributed by atoms with E-state index < -0.39 is 12.8 Å². The minimum atomic E-state index is -4.34. The van der Waals surface area contributed by atoms with E-state index in [-0.39, 0.29) is 5.75 Å². The first kappa shape index (κ1) is 21.4. The zero-order valence-corrected chi connectivity index (χ0v) is 15.8. The SMILES string of the molecule is CN=C(NCCc1ccc(OC)cc1)NCc1ccc(OCC(F)(F)F)cc1. The van der Waals surface area contributed by atoms with Crippen molar-refractivity contribution in [2.24, 2.45) is 4.99 Å².